The molecule has 0 saturated carbocycles. The molecular weight excluding hydrogens is 598 g/mol. The zero-order chi connectivity index (χ0) is 32.8. The van der Waals surface area contributed by atoms with Crippen molar-refractivity contribution in [2.45, 2.75) is 30.5 Å². The van der Waals surface area contributed by atoms with Crippen molar-refractivity contribution in [2.75, 3.05) is 20.8 Å². The van der Waals surface area contributed by atoms with Crippen molar-refractivity contribution in [2.24, 2.45) is 0 Å². The highest BCUT2D eigenvalue weighted by Gasteiger charge is 2.42. The fourth-order valence-corrected chi connectivity index (χ4v) is 5.80. The first-order valence-corrected chi connectivity index (χ1v) is 15.2. The number of benzene rings is 3. The summed E-state index contributed by atoms with van der Waals surface area (Å²) in [6.45, 7) is -0.0187. The molecule has 240 valence electrons. The number of H-pyrrole nitrogens is 1. The Hall–Kier alpha value is -5.29. The van der Waals surface area contributed by atoms with Crippen molar-refractivity contribution in [1.29, 1.82) is 0 Å². The van der Waals surface area contributed by atoms with Crippen LogP contribution in [0.1, 0.15) is 40.6 Å². The fraction of sp³-hybridized carbons (Fsp3) is 0.216. The molecule has 6 rings (SSSR count). The van der Waals surface area contributed by atoms with Gasteiger partial charge >= 0.3 is 5.69 Å². The summed E-state index contributed by atoms with van der Waals surface area (Å²) in [5.41, 5.74) is 1.14. The van der Waals surface area contributed by atoms with Gasteiger partial charge in [0.2, 0.25) is 0 Å². The molecule has 0 aliphatic carbocycles. The van der Waals surface area contributed by atoms with Crippen molar-refractivity contribution in [1.82, 2.24) is 14.5 Å². The van der Waals surface area contributed by atoms with E-state index in [4.69, 9.17) is 18.9 Å². The third-order valence-corrected chi connectivity index (χ3v) is 8.27. The van der Waals surface area contributed by atoms with E-state index in [1.165, 1.54) is 10.8 Å². The van der Waals surface area contributed by atoms with Gasteiger partial charge < -0.3 is 24.1 Å². The quantitative estimate of drug-likeness (QED) is 0.199. The van der Waals surface area contributed by atoms with Crippen LogP contribution < -0.4 is 20.7 Å². The number of pyridine rings is 1. The van der Waals surface area contributed by atoms with Crippen LogP contribution >= 0.6 is 0 Å². The first-order valence-electron chi connectivity index (χ1n) is 15.2. The van der Waals surface area contributed by atoms with Crippen LogP contribution in [0.15, 0.2) is 119 Å². The molecule has 0 spiro atoms. The second kappa shape index (κ2) is 14.0. The predicted molar refractivity (Wildman–Crippen MR) is 177 cm³/mol. The van der Waals surface area contributed by atoms with Crippen LogP contribution in [0, 0.1) is 0 Å². The summed E-state index contributed by atoms with van der Waals surface area (Å²) in [7, 11) is 3.23. The van der Waals surface area contributed by atoms with Gasteiger partial charge in [0.1, 0.15) is 29.4 Å². The molecule has 3 heterocycles. The molecule has 10 heteroatoms. The molecular formula is C37H35N3O7. The minimum Gasteiger partial charge on any atom is -0.497 e. The maximum absolute atomic E-state index is 12.9. The predicted octanol–water partition coefficient (Wildman–Crippen LogP) is 4.78. The molecule has 2 N–H and O–H groups in total. The van der Waals surface area contributed by atoms with Crippen molar-refractivity contribution in [3.63, 3.8) is 0 Å². The molecule has 1 aliphatic heterocycles. The van der Waals surface area contributed by atoms with Crippen LogP contribution in [-0.4, -0.2) is 52.7 Å². The average Bonchev–Trinajstić information content (AvgIpc) is 3.49. The number of aromatic amines is 1. The molecule has 47 heavy (non-hydrogen) atoms. The smallest absolute Gasteiger partial charge is 0.330 e. The Morgan fingerprint density at radius 1 is 0.872 bits per heavy atom. The molecule has 1 fully saturated rings. The van der Waals surface area contributed by atoms with E-state index >= 15 is 0 Å². The van der Waals surface area contributed by atoms with Crippen LogP contribution in [-0.2, 0) is 15.1 Å². The largest absolute Gasteiger partial charge is 0.497 e. The molecule has 0 radical (unpaired) electrons. The van der Waals surface area contributed by atoms with Crippen LogP contribution in [0.25, 0.3) is 12.2 Å². The van der Waals surface area contributed by atoms with Crippen molar-refractivity contribution >= 4 is 12.2 Å². The summed E-state index contributed by atoms with van der Waals surface area (Å²) in [4.78, 5) is 32.1. The average molecular weight is 634 g/mol. The van der Waals surface area contributed by atoms with Crippen molar-refractivity contribution in [3.05, 3.63) is 158 Å². The van der Waals surface area contributed by atoms with Gasteiger partial charge in [0, 0.05) is 18.8 Å². The maximum atomic E-state index is 12.9. The Kier molecular flexibility index (Phi) is 9.44. The van der Waals surface area contributed by atoms with Crippen LogP contribution in [0.4, 0.5) is 0 Å². The third kappa shape index (κ3) is 6.66. The number of nitrogens with zero attached hydrogens (tertiary/aromatic N) is 2. The van der Waals surface area contributed by atoms with Gasteiger partial charge in [-0.2, -0.15) is 0 Å². The summed E-state index contributed by atoms with van der Waals surface area (Å²) >= 11 is 0. The number of hydrogen-bond acceptors (Lipinski definition) is 8. The molecule has 2 aromatic heterocycles. The second-order valence-corrected chi connectivity index (χ2v) is 11.1. The van der Waals surface area contributed by atoms with E-state index in [0.29, 0.717) is 17.2 Å². The second-order valence-electron chi connectivity index (χ2n) is 11.1. The highest BCUT2D eigenvalue weighted by Crippen LogP contribution is 2.42. The summed E-state index contributed by atoms with van der Waals surface area (Å²) in [6.07, 6.45) is 3.90. The van der Waals surface area contributed by atoms with Gasteiger partial charge in [-0.3, -0.25) is 19.3 Å². The van der Waals surface area contributed by atoms with E-state index in [1.54, 1.807) is 44.7 Å². The molecule has 3 aromatic carbocycles. The molecule has 3 atom stereocenters. The summed E-state index contributed by atoms with van der Waals surface area (Å²) < 4.78 is 25.3. The Bertz CT molecular complexity index is 1870. The lowest BCUT2D eigenvalue weighted by Crippen LogP contribution is -2.38. The number of aromatic nitrogens is 3. The molecule has 1 saturated heterocycles. The lowest BCUT2D eigenvalue weighted by Gasteiger charge is -2.37. The zero-order valence-electron chi connectivity index (χ0n) is 26.0. The molecule has 0 unspecified atom stereocenters. The number of aliphatic hydroxyl groups is 1. The lowest BCUT2D eigenvalue weighted by molar-refractivity contribution is -0.0944. The van der Waals surface area contributed by atoms with Crippen LogP contribution in [0.5, 0.6) is 11.5 Å². The van der Waals surface area contributed by atoms with Crippen molar-refractivity contribution < 1.29 is 24.1 Å². The number of methoxy groups -OCH3 is 2. The summed E-state index contributed by atoms with van der Waals surface area (Å²) in [6, 6.07) is 30.5. The molecule has 0 amide bonds. The van der Waals surface area contributed by atoms with Crippen LogP contribution in [0.2, 0.25) is 0 Å². The Morgan fingerprint density at radius 3 is 2.09 bits per heavy atom. The molecule has 10 nitrogen and oxygen atoms in total. The van der Waals surface area contributed by atoms with E-state index < -0.39 is 35.3 Å². The fourth-order valence-electron chi connectivity index (χ4n) is 5.80. The van der Waals surface area contributed by atoms with Gasteiger partial charge in [-0.05, 0) is 65.2 Å². The standard InChI is InChI=1S/C37H35N3O7/c1-44-30-17-12-27(13-18-30)37(26-8-4-3-5-9-26,28-14-19-31(45-2)20-15-28)46-24-33-32(41)22-34(47-33)40-23-25(35(42)39-36(40)43)11-16-29-10-6-7-21-38-29/h3-21,23,32-34,41H,22,24H2,1-2H3,(H,39,42,43)/b16-11+/t32-,33+,34+/m0/s1. The van der Waals surface area contributed by atoms with Gasteiger partial charge in [0.15, 0.2) is 0 Å². The van der Waals surface area contributed by atoms with Gasteiger partial charge in [-0.15, -0.1) is 0 Å². The number of nitrogens with one attached hydrogen (secondary N) is 1. The minimum absolute atomic E-state index is 0.0187. The number of ether oxygens (including phenoxy) is 4. The highest BCUT2D eigenvalue weighted by atomic mass is 16.6. The first kappa shape index (κ1) is 31.7. The molecule has 0 bridgehead atoms. The lowest BCUT2D eigenvalue weighted by atomic mass is 9.80. The van der Waals surface area contributed by atoms with Crippen molar-refractivity contribution in [3.8, 4) is 11.5 Å². The van der Waals surface area contributed by atoms with Gasteiger partial charge in [-0.1, -0.05) is 60.7 Å². The summed E-state index contributed by atoms with van der Waals surface area (Å²) in [5, 5.41) is 11.2. The Morgan fingerprint density at radius 2 is 1.49 bits per heavy atom. The monoisotopic (exact) mass is 633 g/mol. The van der Waals surface area contributed by atoms with Gasteiger partial charge in [0.05, 0.1) is 38.2 Å². The zero-order valence-corrected chi connectivity index (χ0v) is 26.0. The van der Waals surface area contributed by atoms with E-state index in [1.807, 2.05) is 84.9 Å². The van der Waals surface area contributed by atoms with E-state index in [-0.39, 0.29) is 18.6 Å². The third-order valence-electron chi connectivity index (χ3n) is 8.27. The Balaban J connectivity index is 1.32. The number of hydrogen-bond donors (Lipinski definition) is 2. The first-order chi connectivity index (χ1) is 22.9. The van der Waals surface area contributed by atoms with E-state index in [2.05, 4.69) is 9.97 Å². The SMILES string of the molecule is COc1ccc(C(OC[C@H]2O[C@@H](n3cc(/C=C/c4ccccn4)c(=O)[nH]c3=O)C[C@@H]2O)(c2ccccc2)c2ccc(OC)cc2)cc1. The number of rotatable bonds is 11. The normalized spacial score (nSPS) is 18.0. The maximum Gasteiger partial charge on any atom is 0.330 e. The minimum atomic E-state index is -1.11. The van der Waals surface area contributed by atoms with Gasteiger partial charge in [0.25, 0.3) is 5.56 Å². The topological polar surface area (TPSA) is 125 Å². The molecule has 5 aromatic rings. The van der Waals surface area contributed by atoms with E-state index in [0.717, 1.165) is 16.7 Å². The van der Waals surface area contributed by atoms with Gasteiger partial charge in [-0.25, -0.2) is 4.79 Å². The summed E-state index contributed by atoms with van der Waals surface area (Å²) in [5.74, 6) is 1.40. The van der Waals surface area contributed by atoms with E-state index in [9.17, 15) is 14.7 Å². The van der Waals surface area contributed by atoms with Crippen LogP contribution in [0.3, 0.4) is 0 Å². The number of aliphatic hydroxyl groups excluding tert-OH is 1. The highest BCUT2D eigenvalue weighted by molar-refractivity contribution is 5.67. The molecule has 1 aliphatic rings. The Labute approximate surface area is 271 Å².